The summed E-state index contributed by atoms with van der Waals surface area (Å²) in [5.41, 5.74) is 2.30. The highest BCUT2D eigenvalue weighted by Crippen LogP contribution is 2.26. The van der Waals surface area contributed by atoms with E-state index in [1.165, 1.54) is 5.56 Å². The zero-order valence-corrected chi connectivity index (χ0v) is 13.3. The van der Waals surface area contributed by atoms with E-state index in [4.69, 9.17) is 4.74 Å². The van der Waals surface area contributed by atoms with Crippen LogP contribution in [0.1, 0.15) is 43.1 Å². The molecule has 0 aliphatic heterocycles. The molecule has 0 radical (unpaired) electrons. The first-order chi connectivity index (χ1) is 9.60. The van der Waals surface area contributed by atoms with Gasteiger partial charge in [-0.15, -0.1) is 11.3 Å². The number of hydrogen-bond donors (Lipinski definition) is 1. The lowest BCUT2D eigenvalue weighted by Gasteiger charge is -2.17. The molecule has 0 aliphatic rings. The third kappa shape index (κ3) is 3.81. The van der Waals surface area contributed by atoms with Crippen molar-refractivity contribution in [1.29, 1.82) is 0 Å². The number of rotatable bonds is 6. The van der Waals surface area contributed by atoms with Crippen LogP contribution in [0.25, 0.3) is 0 Å². The Balaban J connectivity index is 2.21. The number of ether oxygens (including phenoxy) is 1. The van der Waals surface area contributed by atoms with Crippen molar-refractivity contribution in [3.05, 3.63) is 45.9 Å². The highest BCUT2D eigenvalue weighted by molar-refractivity contribution is 7.09. The Morgan fingerprint density at radius 3 is 2.45 bits per heavy atom. The van der Waals surface area contributed by atoms with Crippen molar-refractivity contribution in [3.63, 3.8) is 0 Å². The molecule has 0 fully saturated rings. The topological polar surface area (TPSA) is 34.1 Å². The number of aryl methyl sites for hydroxylation is 1. The van der Waals surface area contributed by atoms with Crippen molar-refractivity contribution < 1.29 is 4.74 Å². The normalized spacial score (nSPS) is 12.7. The van der Waals surface area contributed by atoms with Gasteiger partial charge in [-0.25, -0.2) is 4.98 Å². The average molecular weight is 290 g/mol. The fourth-order valence-corrected chi connectivity index (χ4v) is 2.96. The van der Waals surface area contributed by atoms with Gasteiger partial charge in [0, 0.05) is 11.1 Å². The summed E-state index contributed by atoms with van der Waals surface area (Å²) >= 11 is 1.70. The second kappa shape index (κ2) is 6.86. The molecule has 0 saturated carbocycles. The standard InChI is InChI=1S/C16H22N2OS/c1-5-17-15(16-18-12(4)10-20-16)13-6-8-14(9-7-13)19-11(2)3/h6-11,15,17H,5H2,1-4H3. The zero-order valence-electron chi connectivity index (χ0n) is 12.5. The van der Waals surface area contributed by atoms with E-state index in [2.05, 4.69) is 34.7 Å². The monoisotopic (exact) mass is 290 g/mol. The fourth-order valence-electron chi connectivity index (χ4n) is 2.07. The third-order valence-electron chi connectivity index (χ3n) is 2.88. The number of nitrogens with one attached hydrogen (secondary N) is 1. The molecule has 0 bridgehead atoms. The third-order valence-corrected chi connectivity index (χ3v) is 3.90. The van der Waals surface area contributed by atoms with Crippen molar-refractivity contribution in [1.82, 2.24) is 10.3 Å². The first kappa shape index (κ1) is 15.0. The number of aromatic nitrogens is 1. The summed E-state index contributed by atoms with van der Waals surface area (Å²) in [6.45, 7) is 9.13. The molecule has 0 saturated heterocycles. The van der Waals surface area contributed by atoms with E-state index in [0.717, 1.165) is 23.0 Å². The molecule has 1 atom stereocenters. The molecule has 0 aliphatic carbocycles. The minimum Gasteiger partial charge on any atom is -0.491 e. The maximum absolute atomic E-state index is 5.69. The predicted octanol–water partition coefficient (Wildman–Crippen LogP) is 3.94. The molecule has 4 heteroatoms. The van der Waals surface area contributed by atoms with E-state index < -0.39 is 0 Å². The summed E-state index contributed by atoms with van der Waals surface area (Å²) in [5.74, 6) is 0.911. The summed E-state index contributed by atoms with van der Waals surface area (Å²) in [6, 6.07) is 8.44. The van der Waals surface area contributed by atoms with Crippen LogP contribution in [-0.4, -0.2) is 17.6 Å². The molecule has 1 N–H and O–H groups in total. The Kier molecular flexibility index (Phi) is 5.15. The quantitative estimate of drug-likeness (QED) is 0.875. The van der Waals surface area contributed by atoms with Crippen LogP contribution in [0, 0.1) is 6.92 Å². The summed E-state index contributed by atoms with van der Waals surface area (Å²) in [4.78, 5) is 4.60. The van der Waals surface area contributed by atoms with E-state index in [1.54, 1.807) is 11.3 Å². The van der Waals surface area contributed by atoms with Gasteiger partial charge in [-0.3, -0.25) is 0 Å². The molecular weight excluding hydrogens is 268 g/mol. The van der Waals surface area contributed by atoms with E-state index >= 15 is 0 Å². The van der Waals surface area contributed by atoms with Gasteiger partial charge >= 0.3 is 0 Å². The predicted molar refractivity (Wildman–Crippen MR) is 84.6 cm³/mol. The Labute approximate surface area is 125 Å². The van der Waals surface area contributed by atoms with E-state index in [0.29, 0.717) is 0 Å². The lowest BCUT2D eigenvalue weighted by atomic mass is 10.1. The maximum atomic E-state index is 5.69. The molecule has 1 aromatic heterocycles. The lowest BCUT2D eigenvalue weighted by molar-refractivity contribution is 0.242. The van der Waals surface area contributed by atoms with Crippen molar-refractivity contribution in [2.45, 2.75) is 39.8 Å². The van der Waals surface area contributed by atoms with Crippen LogP contribution < -0.4 is 10.1 Å². The Bertz CT molecular complexity index is 534. The van der Waals surface area contributed by atoms with Crippen LogP contribution >= 0.6 is 11.3 Å². The first-order valence-electron chi connectivity index (χ1n) is 7.02. The molecule has 108 valence electrons. The molecular formula is C16H22N2OS. The van der Waals surface area contributed by atoms with E-state index in [-0.39, 0.29) is 12.1 Å². The van der Waals surface area contributed by atoms with Gasteiger partial charge in [0.05, 0.1) is 12.1 Å². The summed E-state index contributed by atoms with van der Waals surface area (Å²) in [5, 5.41) is 6.70. The number of benzene rings is 1. The molecule has 2 rings (SSSR count). The van der Waals surface area contributed by atoms with Crippen molar-refractivity contribution in [3.8, 4) is 5.75 Å². The van der Waals surface area contributed by atoms with E-state index in [1.807, 2.05) is 32.9 Å². The van der Waals surface area contributed by atoms with Gasteiger partial charge in [0.1, 0.15) is 10.8 Å². The summed E-state index contributed by atoms with van der Waals surface area (Å²) in [6.07, 6.45) is 0.201. The average Bonchev–Trinajstić information content (AvgIpc) is 2.83. The lowest BCUT2D eigenvalue weighted by Crippen LogP contribution is -2.21. The number of nitrogens with zero attached hydrogens (tertiary/aromatic N) is 1. The number of hydrogen-bond acceptors (Lipinski definition) is 4. The van der Waals surface area contributed by atoms with Gasteiger partial charge in [0.25, 0.3) is 0 Å². The van der Waals surface area contributed by atoms with Crippen LogP contribution in [0.5, 0.6) is 5.75 Å². The first-order valence-corrected chi connectivity index (χ1v) is 7.90. The molecule has 1 unspecified atom stereocenters. The molecule has 20 heavy (non-hydrogen) atoms. The molecule has 0 spiro atoms. The van der Waals surface area contributed by atoms with Crippen molar-refractivity contribution in [2.75, 3.05) is 6.54 Å². The Morgan fingerprint density at radius 2 is 1.95 bits per heavy atom. The van der Waals surface area contributed by atoms with Crippen LogP contribution in [0.3, 0.4) is 0 Å². The summed E-state index contributed by atoms with van der Waals surface area (Å²) in [7, 11) is 0. The van der Waals surface area contributed by atoms with Gasteiger partial charge in [-0.05, 0) is 45.0 Å². The van der Waals surface area contributed by atoms with Gasteiger partial charge in [0.2, 0.25) is 0 Å². The van der Waals surface area contributed by atoms with Crippen LogP contribution in [-0.2, 0) is 0 Å². The van der Waals surface area contributed by atoms with Gasteiger partial charge < -0.3 is 10.1 Å². The fraction of sp³-hybridized carbons (Fsp3) is 0.438. The minimum absolute atomic E-state index is 0.159. The van der Waals surface area contributed by atoms with Crippen molar-refractivity contribution >= 4 is 11.3 Å². The molecule has 2 aromatic rings. The smallest absolute Gasteiger partial charge is 0.119 e. The summed E-state index contributed by atoms with van der Waals surface area (Å²) < 4.78 is 5.69. The van der Waals surface area contributed by atoms with Crippen molar-refractivity contribution in [2.24, 2.45) is 0 Å². The van der Waals surface area contributed by atoms with Gasteiger partial charge in [-0.2, -0.15) is 0 Å². The largest absolute Gasteiger partial charge is 0.491 e. The molecule has 0 amide bonds. The highest BCUT2D eigenvalue weighted by atomic mass is 32.1. The second-order valence-corrected chi connectivity index (χ2v) is 5.94. The van der Waals surface area contributed by atoms with Crippen LogP contribution in [0.2, 0.25) is 0 Å². The Morgan fingerprint density at radius 1 is 1.25 bits per heavy atom. The van der Waals surface area contributed by atoms with Crippen LogP contribution in [0.15, 0.2) is 29.6 Å². The van der Waals surface area contributed by atoms with Gasteiger partial charge in [0.15, 0.2) is 0 Å². The Hall–Kier alpha value is -1.39. The van der Waals surface area contributed by atoms with Crippen LogP contribution in [0.4, 0.5) is 0 Å². The molecule has 1 aromatic carbocycles. The van der Waals surface area contributed by atoms with Gasteiger partial charge in [-0.1, -0.05) is 19.1 Å². The SMILES string of the molecule is CCNC(c1ccc(OC(C)C)cc1)c1nc(C)cs1. The maximum Gasteiger partial charge on any atom is 0.119 e. The molecule has 1 heterocycles. The highest BCUT2D eigenvalue weighted by Gasteiger charge is 2.16. The minimum atomic E-state index is 0.159. The second-order valence-electron chi connectivity index (χ2n) is 5.05. The molecule has 3 nitrogen and oxygen atoms in total. The zero-order chi connectivity index (χ0) is 14.5. The number of thiazole rings is 1. The van der Waals surface area contributed by atoms with E-state index in [9.17, 15) is 0 Å².